The van der Waals surface area contributed by atoms with Crippen LogP contribution in [0.4, 0.5) is 26.3 Å². The lowest BCUT2D eigenvalue weighted by Gasteiger charge is -2.40. The number of hydrogen-bond donors (Lipinski definition) is 3. The van der Waals surface area contributed by atoms with Crippen LogP contribution >= 0.6 is 0 Å². The molecule has 3 heterocycles. The molecule has 15 heteroatoms. The summed E-state index contributed by atoms with van der Waals surface area (Å²) in [6.45, 7) is 3.14. The van der Waals surface area contributed by atoms with Crippen molar-refractivity contribution in [3.8, 4) is 0 Å². The molecule has 198 valence electrons. The molecule has 0 radical (unpaired) electrons. The molecule has 2 saturated heterocycles. The average Bonchev–Trinajstić information content (AvgIpc) is 3.18. The Balaban J connectivity index is 0.000000362. The topological polar surface area (TPSA) is 129 Å². The lowest BCUT2D eigenvalue weighted by Crippen LogP contribution is -2.56. The van der Waals surface area contributed by atoms with Gasteiger partial charge in [-0.3, -0.25) is 9.78 Å². The van der Waals surface area contributed by atoms with Gasteiger partial charge in [-0.05, 0) is 32.0 Å². The van der Waals surface area contributed by atoms with Crippen LogP contribution in [0, 0.1) is 5.41 Å². The van der Waals surface area contributed by atoms with Crippen LogP contribution < -0.4 is 5.32 Å². The summed E-state index contributed by atoms with van der Waals surface area (Å²) < 4.78 is 69.3. The van der Waals surface area contributed by atoms with Gasteiger partial charge in [-0.15, -0.1) is 0 Å². The summed E-state index contributed by atoms with van der Waals surface area (Å²) in [5.74, 6) is -5.37. The van der Waals surface area contributed by atoms with Crippen molar-refractivity contribution in [1.82, 2.24) is 15.2 Å². The molecule has 0 unspecified atom stereocenters. The van der Waals surface area contributed by atoms with Crippen molar-refractivity contribution < 1.29 is 55.7 Å². The van der Waals surface area contributed by atoms with E-state index >= 15 is 0 Å². The summed E-state index contributed by atoms with van der Waals surface area (Å²) in [7, 11) is 2.08. The zero-order valence-corrected chi connectivity index (χ0v) is 18.5. The second kappa shape index (κ2) is 12.7. The Morgan fingerprint density at radius 2 is 1.71 bits per heavy atom. The molecule has 0 aromatic carbocycles. The second-order valence-corrected chi connectivity index (χ2v) is 7.72. The number of aliphatic carboxylic acids is 2. The highest BCUT2D eigenvalue weighted by atomic mass is 19.4. The van der Waals surface area contributed by atoms with E-state index in [1.807, 2.05) is 18.2 Å². The van der Waals surface area contributed by atoms with E-state index in [9.17, 15) is 31.1 Å². The van der Waals surface area contributed by atoms with Crippen molar-refractivity contribution in [2.45, 2.75) is 37.7 Å². The number of fused-ring (bicyclic) bond motifs is 1. The maximum Gasteiger partial charge on any atom is 0.490 e. The van der Waals surface area contributed by atoms with Crippen molar-refractivity contribution in [3.05, 3.63) is 30.1 Å². The van der Waals surface area contributed by atoms with Gasteiger partial charge in [0.15, 0.2) is 0 Å². The molecule has 1 amide bonds. The van der Waals surface area contributed by atoms with E-state index in [0.717, 1.165) is 38.0 Å². The molecule has 3 rings (SSSR count). The highest BCUT2D eigenvalue weighted by molar-refractivity contribution is 5.84. The molecular weight excluding hydrogens is 492 g/mol. The minimum atomic E-state index is -5.08. The molecule has 0 bridgehead atoms. The molecular formula is C20H25F6N3O6. The van der Waals surface area contributed by atoms with Crippen LogP contribution in [0.1, 0.15) is 18.5 Å². The number of carbonyl (C=O) groups is 3. The Bertz CT molecular complexity index is 828. The van der Waals surface area contributed by atoms with E-state index in [1.54, 1.807) is 6.20 Å². The van der Waals surface area contributed by atoms with Crippen LogP contribution in [0.5, 0.6) is 0 Å². The molecule has 0 spiro atoms. The number of amides is 1. The number of ether oxygens (including phenoxy) is 1. The molecule has 1 aromatic rings. The molecule has 2 fully saturated rings. The van der Waals surface area contributed by atoms with Gasteiger partial charge in [0.25, 0.3) is 0 Å². The van der Waals surface area contributed by atoms with Crippen molar-refractivity contribution in [1.29, 1.82) is 0 Å². The largest absolute Gasteiger partial charge is 0.490 e. The summed E-state index contributed by atoms with van der Waals surface area (Å²) in [5.41, 5.74) is 0.659. The molecule has 9 nitrogen and oxygen atoms in total. The van der Waals surface area contributed by atoms with Crippen molar-refractivity contribution in [2.75, 3.05) is 33.3 Å². The Hall–Kier alpha value is -2.94. The number of nitrogens with zero attached hydrogens (tertiary/aromatic N) is 2. The van der Waals surface area contributed by atoms with Crippen molar-refractivity contribution in [3.63, 3.8) is 0 Å². The third-order valence-electron chi connectivity index (χ3n) is 5.14. The van der Waals surface area contributed by atoms with E-state index < -0.39 is 24.3 Å². The van der Waals surface area contributed by atoms with Gasteiger partial charge in [0.1, 0.15) is 0 Å². The van der Waals surface area contributed by atoms with Gasteiger partial charge in [-0.25, -0.2) is 9.59 Å². The Labute approximate surface area is 196 Å². The predicted octanol–water partition coefficient (Wildman–Crippen LogP) is 2.12. The number of carbonyl (C=O) groups excluding carboxylic acids is 1. The van der Waals surface area contributed by atoms with Crippen molar-refractivity contribution in [2.24, 2.45) is 5.41 Å². The molecule has 2 atom stereocenters. The first-order valence-corrected chi connectivity index (χ1v) is 10.2. The second-order valence-electron chi connectivity index (χ2n) is 7.72. The van der Waals surface area contributed by atoms with Crippen LogP contribution in [-0.2, 0) is 25.5 Å². The number of alkyl halides is 6. The first kappa shape index (κ1) is 30.1. The minimum Gasteiger partial charge on any atom is -0.475 e. The monoisotopic (exact) mass is 517 g/mol. The fourth-order valence-corrected chi connectivity index (χ4v) is 3.50. The van der Waals surface area contributed by atoms with E-state index in [-0.39, 0.29) is 17.4 Å². The van der Waals surface area contributed by atoms with Gasteiger partial charge in [-0.1, -0.05) is 6.07 Å². The smallest absolute Gasteiger partial charge is 0.475 e. The highest BCUT2D eigenvalue weighted by Crippen LogP contribution is 2.40. The fraction of sp³-hybridized carbons (Fsp3) is 0.600. The van der Waals surface area contributed by atoms with Gasteiger partial charge in [0.05, 0.1) is 11.5 Å². The van der Waals surface area contributed by atoms with Crippen molar-refractivity contribution >= 4 is 17.8 Å². The zero-order valence-electron chi connectivity index (χ0n) is 18.5. The summed E-state index contributed by atoms with van der Waals surface area (Å²) in [6.07, 6.45) is -5.75. The number of halogens is 6. The maximum atomic E-state index is 12.7. The number of piperidine rings is 1. The fourth-order valence-electron chi connectivity index (χ4n) is 3.50. The van der Waals surface area contributed by atoms with Gasteiger partial charge in [-0.2, -0.15) is 26.3 Å². The maximum absolute atomic E-state index is 12.7. The van der Waals surface area contributed by atoms with E-state index in [4.69, 9.17) is 24.5 Å². The van der Waals surface area contributed by atoms with Gasteiger partial charge < -0.3 is 25.2 Å². The number of nitrogens with one attached hydrogen (secondary N) is 1. The van der Waals surface area contributed by atoms with Crippen LogP contribution in [0.15, 0.2) is 24.4 Å². The van der Waals surface area contributed by atoms with Crippen LogP contribution in [0.3, 0.4) is 0 Å². The standard InChI is InChI=1S/C16H23N3O2.2C2HF3O2/c1-19-10-6-14-16(12-19,7-11-21-14)15(20)18-9-5-13-4-2-3-8-17-13;2*3-2(4,5)1(6)7/h2-4,8,14H,5-7,9-12H2,1H3,(H,18,20);2*(H,6,7)/t14-,16-;;/m1../s1. The molecule has 3 N–H and O–H groups in total. The van der Waals surface area contributed by atoms with Crippen LogP contribution in [-0.4, -0.2) is 89.7 Å². The summed E-state index contributed by atoms with van der Waals surface area (Å²) in [4.78, 5) is 37.0. The lowest BCUT2D eigenvalue weighted by molar-refractivity contribution is -0.193. The lowest BCUT2D eigenvalue weighted by atomic mass is 9.76. The Morgan fingerprint density at radius 3 is 2.20 bits per heavy atom. The van der Waals surface area contributed by atoms with E-state index in [0.29, 0.717) is 13.2 Å². The molecule has 2 aliphatic rings. The number of hydrogen-bond acceptors (Lipinski definition) is 6. The molecule has 35 heavy (non-hydrogen) atoms. The molecule has 0 saturated carbocycles. The average molecular weight is 517 g/mol. The molecule has 1 aromatic heterocycles. The summed E-state index contributed by atoms with van der Waals surface area (Å²) >= 11 is 0. The van der Waals surface area contributed by atoms with E-state index in [1.165, 1.54) is 0 Å². The minimum absolute atomic E-state index is 0.0866. The van der Waals surface area contributed by atoms with E-state index in [2.05, 4.69) is 22.2 Å². The number of carboxylic acids is 2. The predicted molar refractivity (Wildman–Crippen MR) is 107 cm³/mol. The van der Waals surface area contributed by atoms with Gasteiger partial charge >= 0.3 is 24.3 Å². The highest BCUT2D eigenvalue weighted by Gasteiger charge is 2.52. The third-order valence-corrected chi connectivity index (χ3v) is 5.14. The van der Waals surface area contributed by atoms with Gasteiger partial charge in [0.2, 0.25) is 5.91 Å². The SMILES string of the molecule is CN1CC[C@H]2OCC[C@@]2(C(=O)NCCc2ccccn2)C1.O=C(O)C(F)(F)F.O=C(O)C(F)(F)F. The normalized spacial score (nSPS) is 22.0. The quantitative estimate of drug-likeness (QED) is 0.518. The molecule has 2 aliphatic heterocycles. The number of aromatic nitrogens is 1. The Kier molecular flexibility index (Phi) is 10.9. The number of carboxylic acid groups (broad SMARTS) is 2. The van der Waals surface area contributed by atoms with Gasteiger partial charge in [0, 0.05) is 44.6 Å². The third kappa shape index (κ3) is 9.68. The number of likely N-dealkylation sites (tertiary alicyclic amines) is 1. The first-order chi connectivity index (χ1) is 16.1. The molecule has 0 aliphatic carbocycles. The summed E-state index contributed by atoms with van der Waals surface area (Å²) in [5, 5.41) is 17.3. The first-order valence-electron chi connectivity index (χ1n) is 10.2. The summed E-state index contributed by atoms with van der Waals surface area (Å²) in [6, 6.07) is 5.86. The number of pyridine rings is 1. The zero-order chi connectivity index (χ0) is 26.9. The number of rotatable bonds is 4. The van der Waals surface area contributed by atoms with Crippen LogP contribution in [0.25, 0.3) is 0 Å². The van der Waals surface area contributed by atoms with Crippen LogP contribution in [0.2, 0.25) is 0 Å². The Morgan fingerprint density at radius 1 is 1.14 bits per heavy atom.